The van der Waals surface area contributed by atoms with Crippen molar-refractivity contribution in [1.82, 2.24) is 5.32 Å². The molecule has 0 heterocycles. The minimum absolute atomic E-state index is 0.0342. The molecule has 0 amide bonds. The Morgan fingerprint density at radius 3 is 2.76 bits per heavy atom. The molecule has 1 atom stereocenters. The van der Waals surface area contributed by atoms with Crippen molar-refractivity contribution >= 4 is 23.3 Å². The second-order valence-corrected chi connectivity index (χ2v) is 4.45. The number of ether oxygens (including phenoxy) is 2. The van der Waals surface area contributed by atoms with E-state index in [0.717, 1.165) is 0 Å². The topological polar surface area (TPSA) is 90.7 Å². The first-order valence-corrected chi connectivity index (χ1v) is 6.84. The molecule has 0 radical (unpaired) electrons. The molecule has 21 heavy (non-hydrogen) atoms. The van der Waals surface area contributed by atoms with Crippen LogP contribution in [0.25, 0.3) is 0 Å². The third-order valence-corrected chi connectivity index (χ3v) is 2.86. The van der Waals surface area contributed by atoms with Crippen molar-refractivity contribution in [3.8, 4) is 5.75 Å². The Labute approximate surface area is 127 Å². The SMILES string of the molecule is CCNC(COc1cc([N+](=O)[O-])ccc1Cl)C(=O)OCC. The lowest BCUT2D eigenvalue weighted by Gasteiger charge is -2.17. The van der Waals surface area contributed by atoms with Gasteiger partial charge in [-0.3, -0.25) is 14.9 Å². The summed E-state index contributed by atoms with van der Waals surface area (Å²) in [7, 11) is 0. The molecule has 116 valence electrons. The Kier molecular flexibility index (Phi) is 6.90. The molecule has 1 unspecified atom stereocenters. The van der Waals surface area contributed by atoms with Gasteiger partial charge in [0.15, 0.2) is 0 Å². The van der Waals surface area contributed by atoms with Gasteiger partial charge in [0.25, 0.3) is 5.69 Å². The first-order chi connectivity index (χ1) is 9.99. The van der Waals surface area contributed by atoms with Gasteiger partial charge in [0, 0.05) is 6.07 Å². The molecule has 0 aliphatic rings. The van der Waals surface area contributed by atoms with Gasteiger partial charge in [-0.1, -0.05) is 18.5 Å². The van der Waals surface area contributed by atoms with Gasteiger partial charge in [0.1, 0.15) is 18.4 Å². The highest BCUT2D eigenvalue weighted by molar-refractivity contribution is 6.32. The molecule has 8 heteroatoms. The number of nitro benzene ring substituents is 1. The van der Waals surface area contributed by atoms with E-state index in [1.807, 2.05) is 6.92 Å². The fraction of sp³-hybridized carbons (Fsp3) is 0.462. The number of halogens is 1. The fourth-order valence-electron chi connectivity index (χ4n) is 1.59. The van der Waals surface area contributed by atoms with Crippen LogP contribution in [0, 0.1) is 10.1 Å². The average molecular weight is 317 g/mol. The van der Waals surface area contributed by atoms with Gasteiger partial charge in [-0.05, 0) is 19.5 Å². The number of hydrogen-bond acceptors (Lipinski definition) is 6. The number of benzene rings is 1. The van der Waals surface area contributed by atoms with Crippen molar-refractivity contribution in [2.24, 2.45) is 0 Å². The maximum Gasteiger partial charge on any atom is 0.326 e. The maximum absolute atomic E-state index is 11.7. The van der Waals surface area contributed by atoms with Crippen LogP contribution in [0.2, 0.25) is 5.02 Å². The molecule has 0 aliphatic carbocycles. The molecule has 0 aromatic heterocycles. The summed E-state index contributed by atoms with van der Waals surface area (Å²) in [6.45, 7) is 4.33. The predicted molar refractivity (Wildman–Crippen MR) is 77.7 cm³/mol. The van der Waals surface area contributed by atoms with Crippen molar-refractivity contribution < 1.29 is 19.2 Å². The molecule has 0 aliphatic heterocycles. The largest absolute Gasteiger partial charge is 0.490 e. The predicted octanol–water partition coefficient (Wildman–Crippen LogP) is 2.17. The van der Waals surface area contributed by atoms with Crippen LogP contribution in [0.1, 0.15) is 13.8 Å². The Morgan fingerprint density at radius 1 is 1.48 bits per heavy atom. The number of hydrogen-bond donors (Lipinski definition) is 1. The molecule has 1 rings (SSSR count). The van der Waals surface area contributed by atoms with Crippen LogP contribution in [0.4, 0.5) is 5.69 Å². The number of carbonyl (C=O) groups is 1. The minimum atomic E-state index is -0.662. The molecular formula is C13H17ClN2O5. The van der Waals surface area contributed by atoms with Crippen LogP contribution >= 0.6 is 11.6 Å². The second kappa shape index (κ2) is 8.43. The van der Waals surface area contributed by atoms with E-state index in [4.69, 9.17) is 21.1 Å². The van der Waals surface area contributed by atoms with E-state index >= 15 is 0 Å². The van der Waals surface area contributed by atoms with Gasteiger partial charge in [0.05, 0.1) is 22.6 Å². The number of carbonyl (C=O) groups excluding carboxylic acids is 1. The van der Waals surface area contributed by atoms with Crippen molar-refractivity contribution in [2.75, 3.05) is 19.8 Å². The minimum Gasteiger partial charge on any atom is -0.490 e. The lowest BCUT2D eigenvalue weighted by atomic mass is 10.3. The van der Waals surface area contributed by atoms with Crippen LogP contribution in [0.15, 0.2) is 18.2 Å². The van der Waals surface area contributed by atoms with Crippen molar-refractivity contribution in [1.29, 1.82) is 0 Å². The first kappa shape index (κ1) is 17.2. The number of nitro groups is 1. The summed E-state index contributed by atoms with van der Waals surface area (Å²) in [5, 5.41) is 13.9. The number of likely N-dealkylation sites (N-methyl/N-ethyl adjacent to an activating group) is 1. The molecule has 0 saturated heterocycles. The quantitative estimate of drug-likeness (QED) is 0.449. The molecule has 1 aromatic rings. The Balaban J connectivity index is 2.77. The third-order valence-electron chi connectivity index (χ3n) is 2.55. The Hall–Kier alpha value is -1.86. The molecule has 0 saturated carbocycles. The lowest BCUT2D eigenvalue weighted by molar-refractivity contribution is -0.384. The van der Waals surface area contributed by atoms with Gasteiger partial charge in [0.2, 0.25) is 0 Å². The molecule has 0 fully saturated rings. The van der Waals surface area contributed by atoms with Crippen LogP contribution in [0.3, 0.4) is 0 Å². The van der Waals surface area contributed by atoms with E-state index in [-0.39, 0.29) is 29.7 Å². The summed E-state index contributed by atoms with van der Waals surface area (Å²) in [6, 6.07) is 3.21. The highest BCUT2D eigenvalue weighted by atomic mass is 35.5. The van der Waals surface area contributed by atoms with Crippen molar-refractivity contribution in [3.63, 3.8) is 0 Å². The van der Waals surface area contributed by atoms with Crippen LogP contribution < -0.4 is 10.1 Å². The van der Waals surface area contributed by atoms with Gasteiger partial charge in [-0.2, -0.15) is 0 Å². The van der Waals surface area contributed by atoms with Gasteiger partial charge < -0.3 is 14.8 Å². The number of nitrogens with zero attached hydrogens (tertiary/aromatic N) is 1. The van der Waals surface area contributed by atoms with Crippen molar-refractivity contribution in [3.05, 3.63) is 33.3 Å². The molecule has 7 nitrogen and oxygen atoms in total. The first-order valence-electron chi connectivity index (χ1n) is 6.46. The second-order valence-electron chi connectivity index (χ2n) is 4.05. The van der Waals surface area contributed by atoms with E-state index in [9.17, 15) is 14.9 Å². The fourth-order valence-corrected chi connectivity index (χ4v) is 1.76. The highest BCUT2D eigenvalue weighted by Crippen LogP contribution is 2.28. The van der Waals surface area contributed by atoms with E-state index < -0.39 is 16.9 Å². The zero-order valence-electron chi connectivity index (χ0n) is 11.8. The highest BCUT2D eigenvalue weighted by Gasteiger charge is 2.20. The number of nitrogens with one attached hydrogen (secondary N) is 1. The summed E-state index contributed by atoms with van der Waals surface area (Å²) < 4.78 is 10.3. The third kappa shape index (κ3) is 5.20. The van der Waals surface area contributed by atoms with Gasteiger partial charge in [-0.15, -0.1) is 0 Å². The summed E-state index contributed by atoms with van der Waals surface area (Å²) in [6.07, 6.45) is 0. The molecule has 0 bridgehead atoms. The molecule has 1 N–H and O–H groups in total. The maximum atomic E-state index is 11.7. The number of rotatable bonds is 8. The molecule has 1 aromatic carbocycles. The monoisotopic (exact) mass is 316 g/mol. The van der Waals surface area contributed by atoms with Gasteiger partial charge >= 0.3 is 5.97 Å². The van der Waals surface area contributed by atoms with E-state index in [1.165, 1.54) is 18.2 Å². The number of non-ortho nitro benzene ring substituents is 1. The summed E-state index contributed by atoms with van der Waals surface area (Å²) in [5.74, 6) is -0.293. The normalized spacial score (nSPS) is 11.8. The number of esters is 1. The van der Waals surface area contributed by atoms with Crippen LogP contribution in [-0.4, -0.2) is 36.7 Å². The average Bonchev–Trinajstić information content (AvgIpc) is 2.44. The molecular weight excluding hydrogens is 300 g/mol. The van der Waals surface area contributed by atoms with Crippen LogP contribution in [-0.2, 0) is 9.53 Å². The van der Waals surface area contributed by atoms with Gasteiger partial charge in [-0.25, -0.2) is 0 Å². The summed E-state index contributed by atoms with van der Waals surface area (Å²) in [4.78, 5) is 21.9. The van der Waals surface area contributed by atoms with E-state index in [0.29, 0.717) is 6.54 Å². The zero-order chi connectivity index (χ0) is 15.8. The lowest BCUT2D eigenvalue weighted by Crippen LogP contribution is -2.42. The molecule has 0 spiro atoms. The Morgan fingerprint density at radius 2 is 2.19 bits per heavy atom. The smallest absolute Gasteiger partial charge is 0.326 e. The van der Waals surface area contributed by atoms with Crippen LogP contribution in [0.5, 0.6) is 5.75 Å². The Bertz CT molecular complexity index is 509. The van der Waals surface area contributed by atoms with E-state index in [1.54, 1.807) is 6.92 Å². The standard InChI is InChI=1S/C13H17ClN2O5/c1-3-15-11(13(17)20-4-2)8-21-12-7-9(16(18)19)5-6-10(12)14/h5-7,11,15H,3-4,8H2,1-2H3. The summed E-state index contributed by atoms with van der Waals surface area (Å²) >= 11 is 5.92. The zero-order valence-corrected chi connectivity index (χ0v) is 12.6. The van der Waals surface area contributed by atoms with Crippen molar-refractivity contribution in [2.45, 2.75) is 19.9 Å². The van der Waals surface area contributed by atoms with E-state index in [2.05, 4.69) is 5.32 Å². The summed E-state index contributed by atoms with van der Waals surface area (Å²) in [5.41, 5.74) is -0.134.